The van der Waals surface area contributed by atoms with Gasteiger partial charge >= 0.3 is 0 Å². The van der Waals surface area contributed by atoms with E-state index < -0.39 is 0 Å². The molecule has 0 unspecified atom stereocenters. The first-order valence-corrected chi connectivity index (χ1v) is 3.18. The summed E-state index contributed by atoms with van der Waals surface area (Å²) in [6, 6.07) is 0. The van der Waals surface area contributed by atoms with Gasteiger partial charge < -0.3 is 5.73 Å². The molecule has 0 aliphatic carbocycles. The molecule has 1 aromatic rings. The molecule has 0 aliphatic heterocycles. The zero-order valence-corrected chi connectivity index (χ0v) is 5.90. The predicted octanol–water partition coefficient (Wildman–Crippen LogP) is 0.776. The highest BCUT2D eigenvalue weighted by atomic mass is 32.1. The van der Waals surface area contributed by atoms with E-state index in [4.69, 9.17) is 5.73 Å². The molecule has 3 nitrogen and oxygen atoms in total. The molecule has 0 saturated heterocycles. The van der Waals surface area contributed by atoms with E-state index in [9.17, 15) is 0 Å². The number of rotatable bonds is 1. The highest BCUT2D eigenvalue weighted by Crippen LogP contribution is 2.08. The van der Waals surface area contributed by atoms with Crippen LogP contribution < -0.4 is 5.73 Å². The molecule has 0 aliphatic rings. The number of nitrogens with zero attached hydrogens (tertiary/aromatic N) is 2. The van der Waals surface area contributed by atoms with Gasteiger partial charge in [0.1, 0.15) is 5.69 Å². The van der Waals surface area contributed by atoms with Gasteiger partial charge in [0.25, 0.3) is 0 Å². The Balaban J connectivity index is 3.08. The van der Waals surface area contributed by atoms with E-state index in [0.29, 0.717) is 5.70 Å². The second-order valence-electron chi connectivity index (χ2n) is 1.72. The van der Waals surface area contributed by atoms with Crippen molar-refractivity contribution in [3.8, 4) is 0 Å². The average Bonchev–Trinajstić information content (AvgIpc) is 2.13. The highest BCUT2D eigenvalue weighted by molar-refractivity contribution is 6.99. The van der Waals surface area contributed by atoms with Crippen molar-refractivity contribution in [1.82, 2.24) is 8.75 Å². The summed E-state index contributed by atoms with van der Waals surface area (Å²) >= 11 is 1.15. The monoisotopic (exact) mass is 141 g/mol. The van der Waals surface area contributed by atoms with Gasteiger partial charge in [-0.05, 0) is 6.92 Å². The maximum atomic E-state index is 5.37. The standard InChI is InChI=1S/C5H7N3S/c1-3(6)5-4(2)7-9-8-5/h1,6H2,2H3. The zero-order valence-electron chi connectivity index (χ0n) is 5.09. The summed E-state index contributed by atoms with van der Waals surface area (Å²) in [5, 5.41) is 0. The van der Waals surface area contributed by atoms with Crippen LogP contribution in [0.4, 0.5) is 0 Å². The molecule has 0 radical (unpaired) electrons. The van der Waals surface area contributed by atoms with Crippen molar-refractivity contribution in [1.29, 1.82) is 0 Å². The Bertz CT molecular complexity index is 228. The first kappa shape index (κ1) is 6.22. The van der Waals surface area contributed by atoms with Crippen molar-refractivity contribution in [2.45, 2.75) is 6.92 Å². The van der Waals surface area contributed by atoms with E-state index in [1.165, 1.54) is 0 Å². The molecule has 0 fully saturated rings. The van der Waals surface area contributed by atoms with Gasteiger partial charge in [0.05, 0.1) is 23.1 Å². The van der Waals surface area contributed by atoms with Gasteiger partial charge in [-0.25, -0.2) is 0 Å². The van der Waals surface area contributed by atoms with E-state index >= 15 is 0 Å². The fraction of sp³-hybridized carbons (Fsp3) is 0.200. The quantitative estimate of drug-likeness (QED) is 0.628. The van der Waals surface area contributed by atoms with Crippen LogP contribution in [0.2, 0.25) is 0 Å². The molecule has 4 heteroatoms. The van der Waals surface area contributed by atoms with Crippen molar-refractivity contribution in [2.24, 2.45) is 5.73 Å². The molecule has 0 bridgehead atoms. The van der Waals surface area contributed by atoms with Crippen molar-refractivity contribution in [2.75, 3.05) is 0 Å². The predicted molar refractivity (Wildman–Crippen MR) is 37.9 cm³/mol. The summed E-state index contributed by atoms with van der Waals surface area (Å²) in [6.45, 7) is 5.40. The lowest BCUT2D eigenvalue weighted by Gasteiger charge is -1.89. The van der Waals surface area contributed by atoms with Gasteiger partial charge in [-0.3, -0.25) is 0 Å². The third-order valence-electron chi connectivity index (χ3n) is 0.957. The lowest BCUT2D eigenvalue weighted by atomic mass is 10.3. The van der Waals surface area contributed by atoms with Crippen LogP contribution in [0.15, 0.2) is 6.58 Å². The van der Waals surface area contributed by atoms with Crippen LogP contribution in [-0.2, 0) is 0 Å². The lowest BCUT2D eigenvalue weighted by Crippen LogP contribution is -1.95. The molecule has 0 saturated carbocycles. The summed E-state index contributed by atoms with van der Waals surface area (Å²) in [7, 11) is 0. The van der Waals surface area contributed by atoms with E-state index in [0.717, 1.165) is 23.1 Å². The minimum Gasteiger partial charge on any atom is -0.397 e. The number of nitrogens with two attached hydrogens (primary N) is 1. The largest absolute Gasteiger partial charge is 0.397 e. The molecule has 1 heterocycles. The highest BCUT2D eigenvalue weighted by Gasteiger charge is 2.01. The van der Waals surface area contributed by atoms with Crippen molar-refractivity contribution in [3.63, 3.8) is 0 Å². The Morgan fingerprint density at radius 1 is 1.67 bits per heavy atom. The lowest BCUT2D eigenvalue weighted by molar-refractivity contribution is 1.27. The van der Waals surface area contributed by atoms with Gasteiger partial charge in [-0.1, -0.05) is 6.58 Å². The fourth-order valence-electron chi connectivity index (χ4n) is 0.523. The number of hydrogen-bond donors (Lipinski definition) is 1. The molecule has 0 atom stereocenters. The minimum absolute atomic E-state index is 0.487. The first-order chi connectivity index (χ1) is 4.22. The Labute approximate surface area is 57.5 Å². The average molecular weight is 141 g/mol. The smallest absolute Gasteiger partial charge is 0.122 e. The Morgan fingerprint density at radius 2 is 2.33 bits per heavy atom. The summed E-state index contributed by atoms with van der Waals surface area (Å²) in [4.78, 5) is 0. The second kappa shape index (κ2) is 2.14. The van der Waals surface area contributed by atoms with E-state index in [2.05, 4.69) is 15.3 Å². The molecule has 0 amide bonds. The third-order valence-corrected chi connectivity index (χ3v) is 1.58. The summed E-state index contributed by atoms with van der Waals surface area (Å²) in [5.74, 6) is 0. The minimum atomic E-state index is 0.487. The van der Waals surface area contributed by atoms with Gasteiger partial charge in [0.2, 0.25) is 0 Å². The van der Waals surface area contributed by atoms with Crippen LogP contribution in [0.3, 0.4) is 0 Å². The topological polar surface area (TPSA) is 51.8 Å². The molecule has 1 rings (SSSR count). The molecular formula is C5H7N3S. The number of aromatic nitrogens is 2. The maximum absolute atomic E-state index is 5.37. The normalized spacial score (nSPS) is 9.44. The van der Waals surface area contributed by atoms with Crippen molar-refractivity contribution < 1.29 is 0 Å². The van der Waals surface area contributed by atoms with E-state index in [1.54, 1.807) is 0 Å². The van der Waals surface area contributed by atoms with Crippen LogP contribution in [-0.4, -0.2) is 8.75 Å². The molecule has 48 valence electrons. The fourth-order valence-corrected chi connectivity index (χ4v) is 1.10. The zero-order chi connectivity index (χ0) is 6.85. The van der Waals surface area contributed by atoms with Crippen molar-refractivity contribution in [3.05, 3.63) is 18.0 Å². The molecule has 0 spiro atoms. The van der Waals surface area contributed by atoms with Gasteiger partial charge in [0.15, 0.2) is 0 Å². The number of aryl methyl sites for hydroxylation is 1. The van der Waals surface area contributed by atoms with Crippen LogP contribution in [0.5, 0.6) is 0 Å². The molecule has 9 heavy (non-hydrogen) atoms. The Kier molecular flexibility index (Phi) is 1.48. The number of hydrogen-bond acceptors (Lipinski definition) is 4. The summed E-state index contributed by atoms with van der Waals surface area (Å²) in [5.41, 5.74) is 7.43. The summed E-state index contributed by atoms with van der Waals surface area (Å²) in [6.07, 6.45) is 0. The SMILES string of the molecule is C=C(N)c1nsnc1C. The van der Waals surface area contributed by atoms with Gasteiger partial charge in [-0.15, -0.1) is 0 Å². The molecular weight excluding hydrogens is 134 g/mol. The van der Waals surface area contributed by atoms with Crippen molar-refractivity contribution >= 4 is 17.4 Å². The van der Waals surface area contributed by atoms with Gasteiger partial charge in [-0.2, -0.15) is 8.75 Å². The molecule has 2 N–H and O–H groups in total. The van der Waals surface area contributed by atoms with Crippen LogP contribution >= 0.6 is 11.7 Å². The van der Waals surface area contributed by atoms with Crippen LogP contribution in [0.1, 0.15) is 11.4 Å². The second-order valence-corrected chi connectivity index (χ2v) is 2.25. The Hall–Kier alpha value is -0.900. The maximum Gasteiger partial charge on any atom is 0.122 e. The van der Waals surface area contributed by atoms with Crippen LogP contribution in [0, 0.1) is 6.92 Å². The molecule has 0 aromatic carbocycles. The van der Waals surface area contributed by atoms with Crippen LogP contribution in [0.25, 0.3) is 5.70 Å². The first-order valence-electron chi connectivity index (χ1n) is 2.45. The van der Waals surface area contributed by atoms with E-state index in [-0.39, 0.29) is 0 Å². The van der Waals surface area contributed by atoms with Gasteiger partial charge in [0, 0.05) is 0 Å². The molecule has 1 aromatic heterocycles. The summed E-state index contributed by atoms with van der Waals surface area (Å²) < 4.78 is 7.85. The van der Waals surface area contributed by atoms with E-state index in [1.807, 2.05) is 6.92 Å². The third kappa shape index (κ3) is 1.08. The Morgan fingerprint density at radius 3 is 2.56 bits per heavy atom.